The second-order valence-electron chi connectivity index (χ2n) is 10.6. The zero-order chi connectivity index (χ0) is 29.8. The minimum absolute atomic E-state index is 0.111. The fourth-order valence-corrected chi connectivity index (χ4v) is 6.99. The van der Waals surface area contributed by atoms with Gasteiger partial charge in [0.2, 0.25) is 0 Å². The number of ether oxygens (including phenoxy) is 1. The number of hydrogen-bond acceptors (Lipinski definition) is 7. The second kappa shape index (κ2) is 13.0. The molecule has 3 heterocycles. The van der Waals surface area contributed by atoms with Gasteiger partial charge in [0, 0.05) is 25.2 Å². The molecule has 42 heavy (non-hydrogen) atoms. The SMILES string of the molecule is CCn1c(N2CCC(Cc3ccccc3)CC2)c(/C=C2/SC(=S)N(Cc3ccc(OC)cc3)C2=O)c(C)c(C#N)c1=O. The van der Waals surface area contributed by atoms with Gasteiger partial charge in [0.25, 0.3) is 11.5 Å². The molecule has 0 N–H and O–H groups in total. The number of thioether (sulfide) groups is 1. The molecule has 0 atom stereocenters. The van der Waals surface area contributed by atoms with Gasteiger partial charge < -0.3 is 9.64 Å². The summed E-state index contributed by atoms with van der Waals surface area (Å²) in [6.07, 6.45) is 4.86. The Bertz CT molecular complexity index is 1620. The molecule has 0 unspecified atom stereocenters. The van der Waals surface area contributed by atoms with Gasteiger partial charge >= 0.3 is 0 Å². The van der Waals surface area contributed by atoms with Crippen molar-refractivity contribution in [2.45, 2.75) is 46.2 Å². The number of amides is 1. The molecular formula is C33H34N4O3S2. The van der Waals surface area contributed by atoms with Crippen molar-refractivity contribution in [3.05, 3.63) is 97.7 Å². The summed E-state index contributed by atoms with van der Waals surface area (Å²) in [5, 5.41) is 9.91. The van der Waals surface area contributed by atoms with Gasteiger partial charge in [-0.05, 0) is 73.9 Å². The molecule has 0 aliphatic carbocycles. The quantitative estimate of drug-likeness (QED) is 0.235. The number of rotatable bonds is 8. The van der Waals surface area contributed by atoms with Crippen LogP contribution in [0, 0.1) is 24.2 Å². The van der Waals surface area contributed by atoms with Gasteiger partial charge in [-0.3, -0.25) is 19.1 Å². The fourth-order valence-electron chi connectivity index (χ4n) is 5.76. The number of carbonyl (C=O) groups excluding carboxylic acids is 1. The molecule has 0 spiro atoms. The lowest BCUT2D eigenvalue weighted by Crippen LogP contribution is -2.39. The van der Waals surface area contributed by atoms with Crippen molar-refractivity contribution < 1.29 is 9.53 Å². The molecule has 216 valence electrons. The first kappa shape index (κ1) is 29.6. The largest absolute Gasteiger partial charge is 0.497 e. The molecule has 2 aliphatic rings. The van der Waals surface area contributed by atoms with Crippen molar-refractivity contribution in [2.24, 2.45) is 5.92 Å². The van der Waals surface area contributed by atoms with Crippen LogP contribution < -0.4 is 15.2 Å². The number of methoxy groups -OCH3 is 1. The van der Waals surface area contributed by atoms with Crippen molar-refractivity contribution >= 4 is 46.1 Å². The number of carbonyl (C=O) groups is 1. The number of thiocarbonyl (C=S) groups is 1. The first-order valence-corrected chi connectivity index (χ1v) is 15.4. The number of aromatic nitrogens is 1. The number of benzene rings is 2. The van der Waals surface area contributed by atoms with Crippen molar-refractivity contribution in [2.75, 3.05) is 25.1 Å². The van der Waals surface area contributed by atoms with E-state index >= 15 is 0 Å². The number of nitriles is 1. The van der Waals surface area contributed by atoms with Crippen LogP contribution in [-0.2, 0) is 24.3 Å². The monoisotopic (exact) mass is 598 g/mol. The van der Waals surface area contributed by atoms with E-state index in [0.717, 1.165) is 55.0 Å². The molecule has 2 aliphatic heterocycles. The third-order valence-corrected chi connectivity index (χ3v) is 9.47. The van der Waals surface area contributed by atoms with Crippen LogP contribution in [0.5, 0.6) is 5.75 Å². The predicted molar refractivity (Wildman–Crippen MR) is 173 cm³/mol. The van der Waals surface area contributed by atoms with E-state index < -0.39 is 0 Å². The molecule has 1 aromatic heterocycles. The van der Waals surface area contributed by atoms with E-state index in [2.05, 4.69) is 35.2 Å². The van der Waals surface area contributed by atoms with E-state index in [-0.39, 0.29) is 17.0 Å². The molecule has 2 aromatic carbocycles. The highest BCUT2D eigenvalue weighted by atomic mass is 32.2. The van der Waals surface area contributed by atoms with Gasteiger partial charge in [0.15, 0.2) is 0 Å². The second-order valence-corrected chi connectivity index (χ2v) is 12.3. The smallest absolute Gasteiger partial charge is 0.270 e. The Morgan fingerprint density at radius 1 is 1.07 bits per heavy atom. The van der Waals surface area contributed by atoms with Gasteiger partial charge in [-0.1, -0.05) is 66.4 Å². The van der Waals surface area contributed by atoms with Crippen molar-refractivity contribution in [3.63, 3.8) is 0 Å². The van der Waals surface area contributed by atoms with E-state index in [9.17, 15) is 14.9 Å². The number of pyridine rings is 1. The number of hydrogen-bond donors (Lipinski definition) is 0. The van der Waals surface area contributed by atoms with Crippen LogP contribution in [0.2, 0.25) is 0 Å². The Balaban J connectivity index is 1.46. The van der Waals surface area contributed by atoms with Gasteiger partial charge in [-0.15, -0.1) is 0 Å². The molecule has 2 saturated heterocycles. The molecule has 1 amide bonds. The van der Waals surface area contributed by atoms with Crippen molar-refractivity contribution in [1.29, 1.82) is 5.26 Å². The number of anilines is 1. The maximum Gasteiger partial charge on any atom is 0.270 e. The normalized spacial score (nSPS) is 16.8. The summed E-state index contributed by atoms with van der Waals surface area (Å²) in [7, 11) is 1.62. The highest BCUT2D eigenvalue weighted by Gasteiger charge is 2.34. The summed E-state index contributed by atoms with van der Waals surface area (Å²) >= 11 is 6.87. The van der Waals surface area contributed by atoms with Crippen molar-refractivity contribution in [3.8, 4) is 11.8 Å². The Morgan fingerprint density at radius 3 is 2.38 bits per heavy atom. The van der Waals surface area contributed by atoms with Gasteiger partial charge in [-0.25, -0.2) is 0 Å². The van der Waals surface area contributed by atoms with Crippen LogP contribution in [0.25, 0.3) is 6.08 Å². The summed E-state index contributed by atoms with van der Waals surface area (Å²) in [5.41, 5.74) is 3.43. The Hall–Kier alpha value is -3.87. The maximum absolute atomic E-state index is 13.6. The Labute approximate surface area is 256 Å². The standard InChI is InChI=1S/C33H34N4O3S2/c1-4-36-30(35-16-14-24(15-17-35)18-23-8-6-5-7-9-23)27(22(2)28(20-34)31(36)38)19-29-32(39)37(33(41)42-29)21-25-10-12-26(40-3)13-11-25/h5-13,19,24H,4,14-18,21H2,1-3H3/b29-19+. The van der Waals surface area contributed by atoms with Crippen LogP contribution in [0.15, 0.2) is 64.3 Å². The summed E-state index contributed by atoms with van der Waals surface area (Å²) in [4.78, 5) is 31.4. The predicted octanol–water partition coefficient (Wildman–Crippen LogP) is 5.92. The van der Waals surface area contributed by atoms with Crippen LogP contribution in [0.1, 0.15) is 47.6 Å². The average molecular weight is 599 g/mol. The van der Waals surface area contributed by atoms with Crippen LogP contribution in [0.4, 0.5) is 5.82 Å². The molecule has 0 saturated carbocycles. The number of nitrogens with zero attached hydrogens (tertiary/aromatic N) is 4. The lowest BCUT2D eigenvalue weighted by atomic mass is 9.90. The zero-order valence-electron chi connectivity index (χ0n) is 24.1. The molecule has 2 fully saturated rings. The van der Waals surface area contributed by atoms with Gasteiger partial charge in [0.1, 0.15) is 27.5 Å². The van der Waals surface area contributed by atoms with Gasteiger partial charge in [-0.2, -0.15) is 5.26 Å². The molecule has 0 radical (unpaired) electrons. The molecule has 0 bridgehead atoms. The summed E-state index contributed by atoms with van der Waals surface area (Å²) < 4.78 is 7.41. The first-order valence-electron chi connectivity index (χ1n) is 14.2. The molecule has 7 nitrogen and oxygen atoms in total. The van der Waals surface area contributed by atoms with E-state index in [1.54, 1.807) is 23.5 Å². The third kappa shape index (κ3) is 6.01. The van der Waals surface area contributed by atoms with E-state index in [1.165, 1.54) is 17.3 Å². The van der Waals surface area contributed by atoms with Gasteiger partial charge in [0.05, 0.1) is 18.6 Å². The number of piperidine rings is 1. The highest BCUT2D eigenvalue weighted by Crippen LogP contribution is 2.37. The third-order valence-electron chi connectivity index (χ3n) is 8.09. The average Bonchev–Trinajstić information content (AvgIpc) is 3.27. The van der Waals surface area contributed by atoms with E-state index in [1.807, 2.05) is 43.3 Å². The maximum atomic E-state index is 13.6. The van der Waals surface area contributed by atoms with Crippen LogP contribution in [0.3, 0.4) is 0 Å². The van der Waals surface area contributed by atoms with Crippen molar-refractivity contribution in [1.82, 2.24) is 9.47 Å². The van der Waals surface area contributed by atoms with E-state index in [4.69, 9.17) is 17.0 Å². The summed E-state index contributed by atoms with van der Waals surface area (Å²) in [5.74, 6) is 1.90. The minimum Gasteiger partial charge on any atom is -0.497 e. The first-order chi connectivity index (χ1) is 20.3. The van der Waals surface area contributed by atoms with Crippen LogP contribution in [-0.4, -0.2) is 39.9 Å². The molecule has 9 heteroatoms. The lowest BCUT2D eigenvalue weighted by Gasteiger charge is -2.36. The van der Waals surface area contributed by atoms with Crippen LogP contribution >= 0.6 is 24.0 Å². The fraction of sp³-hybridized carbons (Fsp3) is 0.333. The lowest BCUT2D eigenvalue weighted by molar-refractivity contribution is -0.122. The Kier molecular flexibility index (Phi) is 9.15. The molecule has 5 rings (SSSR count). The Morgan fingerprint density at radius 2 is 1.76 bits per heavy atom. The zero-order valence-corrected chi connectivity index (χ0v) is 25.8. The molecular weight excluding hydrogens is 565 g/mol. The topological polar surface area (TPSA) is 78.6 Å². The highest BCUT2D eigenvalue weighted by molar-refractivity contribution is 8.26. The molecule has 3 aromatic rings. The minimum atomic E-state index is -0.289. The summed E-state index contributed by atoms with van der Waals surface area (Å²) in [6.45, 7) is 6.08. The summed E-state index contributed by atoms with van der Waals surface area (Å²) in [6, 6.07) is 20.2. The van der Waals surface area contributed by atoms with E-state index in [0.29, 0.717) is 33.8 Å².